The second-order valence-corrected chi connectivity index (χ2v) is 6.87. The van der Waals surface area contributed by atoms with Gasteiger partial charge in [-0.05, 0) is 41.1 Å². The molecule has 0 atom stereocenters. The molecule has 7 heteroatoms. The van der Waals surface area contributed by atoms with Crippen molar-refractivity contribution in [2.45, 2.75) is 0 Å². The molecule has 0 unspecified atom stereocenters. The molecule has 0 aliphatic carbocycles. The Morgan fingerprint density at radius 3 is 2.74 bits per heavy atom. The molecule has 0 fully saturated rings. The highest BCUT2D eigenvalue weighted by Crippen LogP contribution is 2.39. The van der Waals surface area contributed by atoms with Gasteiger partial charge >= 0.3 is 5.97 Å². The number of carboxylic acids is 1. The highest BCUT2D eigenvalue weighted by atomic mass is 32.1. The number of pyridine rings is 1. The van der Waals surface area contributed by atoms with Crippen LogP contribution in [0.1, 0.15) is 10.5 Å². The van der Waals surface area contributed by atoms with Crippen LogP contribution < -0.4 is 9.47 Å². The Hall–Kier alpha value is -3.03. The molecule has 1 aromatic carbocycles. The summed E-state index contributed by atoms with van der Waals surface area (Å²) in [7, 11) is 1.56. The van der Waals surface area contributed by atoms with Crippen LogP contribution >= 0.6 is 11.3 Å². The number of methoxy groups -OCH3 is 1. The molecule has 0 aliphatic heterocycles. The van der Waals surface area contributed by atoms with Gasteiger partial charge in [0.25, 0.3) is 0 Å². The van der Waals surface area contributed by atoms with Gasteiger partial charge in [-0.15, -0.1) is 11.3 Å². The molecule has 2 N–H and O–H groups in total. The molecule has 6 nitrogen and oxygen atoms in total. The highest BCUT2D eigenvalue weighted by molar-refractivity contribution is 7.13. The van der Waals surface area contributed by atoms with Gasteiger partial charge < -0.3 is 24.1 Å². The first-order valence-electron chi connectivity index (χ1n) is 8.30. The lowest BCUT2D eigenvalue weighted by Crippen LogP contribution is -2.04. The maximum absolute atomic E-state index is 11.8. The summed E-state index contributed by atoms with van der Waals surface area (Å²) in [5.41, 5.74) is 1.85. The average molecular weight is 383 g/mol. The van der Waals surface area contributed by atoms with E-state index in [2.05, 4.69) is 0 Å². The van der Waals surface area contributed by atoms with E-state index in [0.717, 1.165) is 26.7 Å². The summed E-state index contributed by atoms with van der Waals surface area (Å²) in [5, 5.41) is 22.4. The molecule has 3 aromatic heterocycles. The van der Waals surface area contributed by atoms with Crippen LogP contribution in [0, 0.1) is 0 Å². The number of rotatable bonds is 6. The van der Waals surface area contributed by atoms with Crippen LogP contribution in [0.25, 0.3) is 26.7 Å². The fourth-order valence-electron chi connectivity index (χ4n) is 3.24. The molecule has 0 saturated heterocycles. The van der Waals surface area contributed by atoms with Crippen molar-refractivity contribution < 1.29 is 24.5 Å². The maximum Gasteiger partial charge on any atom is 0.352 e. The number of aromatic nitrogens is 1. The van der Waals surface area contributed by atoms with Crippen LogP contribution in [0.15, 0.2) is 48.0 Å². The van der Waals surface area contributed by atoms with Gasteiger partial charge in [0.1, 0.15) is 12.3 Å². The Morgan fingerprint density at radius 1 is 1.22 bits per heavy atom. The molecule has 27 heavy (non-hydrogen) atoms. The Bertz CT molecular complexity index is 1130. The average Bonchev–Trinajstić information content (AvgIpc) is 3.32. The quantitative estimate of drug-likeness (QED) is 0.528. The van der Waals surface area contributed by atoms with Crippen molar-refractivity contribution in [1.29, 1.82) is 0 Å². The summed E-state index contributed by atoms with van der Waals surface area (Å²) in [4.78, 5) is 12.7. The summed E-state index contributed by atoms with van der Waals surface area (Å²) in [6.07, 6.45) is 1.76. The van der Waals surface area contributed by atoms with Crippen molar-refractivity contribution in [3.05, 3.63) is 53.7 Å². The third-order valence-electron chi connectivity index (χ3n) is 4.39. The summed E-state index contributed by atoms with van der Waals surface area (Å²) in [6.45, 7) is 0.0320. The predicted molar refractivity (Wildman–Crippen MR) is 104 cm³/mol. The standard InChI is InChI=1S/C20H17NO5S/c1-25-16-9-12-4-5-21-15(20(23)24)10-14(18-3-2-8-27-18)19(21)13(12)11-17(16)26-7-6-22/h2-5,8-11,22H,6-7H2,1H3,(H,23,24). The molecule has 4 aromatic rings. The summed E-state index contributed by atoms with van der Waals surface area (Å²) in [5.74, 6) is 0.0720. The Kier molecular flexibility index (Phi) is 4.47. The zero-order chi connectivity index (χ0) is 19.0. The second kappa shape index (κ2) is 6.94. The number of ether oxygens (including phenoxy) is 2. The molecular formula is C20H17NO5S. The molecule has 3 heterocycles. The number of benzene rings is 1. The fraction of sp³-hybridized carbons (Fsp3) is 0.150. The van der Waals surface area contributed by atoms with E-state index in [-0.39, 0.29) is 18.9 Å². The third-order valence-corrected chi connectivity index (χ3v) is 5.29. The first-order valence-corrected chi connectivity index (χ1v) is 9.18. The lowest BCUT2D eigenvalue weighted by molar-refractivity contribution is 0.0689. The van der Waals surface area contributed by atoms with E-state index in [1.807, 2.05) is 35.7 Å². The van der Waals surface area contributed by atoms with Crippen molar-refractivity contribution in [1.82, 2.24) is 4.40 Å². The third kappa shape index (κ3) is 2.90. The number of hydrogen-bond donors (Lipinski definition) is 2. The molecular weight excluding hydrogens is 366 g/mol. The number of hydrogen-bond acceptors (Lipinski definition) is 5. The molecule has 0 spiro atoms. The topological polar surface area (TPSA) is 80.4 Å². The molecule has 0 amide bonds. The van der Waals surface area contributed by atoms with E-state index in [0.29, 0.717) is 11.5 Å². The van der Waals surface area contributed by atoms with Gasteiger partial charge in [-0.3, -0.25) is 0 Å². The first-order chi connectivity index (χ1) is 13.1. The normalized spacial score (nSPS) is 11.2. The predicted octanol–water partition coefficient (Wildman–Crippen LogP) is 3.90. The number of aliphatic hydroxyl groups is 1. The van der Waals surface area contributed by atoms with E-state index in [9.17, 15) is 9.90 Å². The van der Waals surface area contributed by atoms with E-state index in [1.54, 1.807) is 35.1 Å². The first kappa shape index (κ1) is 17.4. The summed E-state index contributed by atoms with van der Waals surface area (Å²) < 4.78 is 12.7. The Morgan fingerprint density at radius 2 is 2.07 bits per heavy atom. The van der Waals surface area contributed by atoms with E-state index >= 15 is 0 Å². The van der Waals surface area contributed by atoms with Gasteiger partial charge in [-0.2, -0.15) is 0 Å². The van der Waals surface area contributed by atoms with E-state index < -0.39 is 5.97 Å². The van der Waals surface area contributed by atoms with Gasteiger partial charge in [-0.1, -0.05) is 6.07 Å². The van der Waals surface area contributed by atoms with Crippen molar-refractivity contribution in [2.75, 3.05) is 20.3 Å². The molecule has 0 saturated carbocycles. The van der Waals surface area contributed by atoms with Crippen LogP contribution in [0.5, 0.6) is 11.5 Å². The number of fused-ring (bicyclic) bond motifs is 3. The lowest BCUT2D eigenvalue weighted by Gasteiger charge is -2.13. The zero-order valence-corrected chi connectivity index (χ0v) is 15.3. The van der Waals surface area contributed by atoms with Crippen LogP contribution in [-0.2, 0) is 0 Å². The summed E-state index contributed by atoms with van der Waals surface area (Å²) in [6, 6.07) is 11.1. The molecule has 0 aliphatic rings. The summed E-state index contributed by atoms with van der Waals surface area (Å²) >= 11 is 1.55. The number of aromatic carboxylic acids is 1. The van der Waals surface area contributed by atoms with Gasteiger partial charge in [-0.25, -0.2) is 4.79 Å². The Labute approximate surface area is 158 Å². The monoisotopic (exact) mass is 383 g/mol. The zero-order valence-electron chi connectivity index (χ0n) is 14.5. The molecule has 4 rings (SSSR count). The number of carboxylic acid groups (broad SMARTS) is 1. The van der Waals surface area contributed by atoms with Crippen LogP contribution in [-0.4, -0.2) is 40.9 Å². The van der Waals surface area contributed by atoms with Crippen molar-refractivity contribution >= 4 is 33.6 Å². The van der Waals surface area contributed by atoms with Gasteiger partial charge in [0, 0.05) is 22.0 Å². The fourth-order valence-corrected chi connectivity index (χ4v) is 3.98. The number of aliphatic hydroxyl groups excluding tert-OH is 1. The number of carbonyl (C=O) groups is 1. The van der Waals surface area contributed by atoms with Gasteiger partial charge in [0.15, 0.2) is 11.5 Å². The minimum Gasteiger partial charge on any atom is -0.493 e. The van der Waals surface area contributed by atoms with E-state index in [4.69, 9.17) is 14.6 Å². The molecule has 0 bridgehead atoms. The largest absolute Gasteiger partial charge is 0.493 e. The molecule has 138 valence electrons. The minimum absolute atomic E-state index is 0.111. The van der Waals surface area contributed by atoms with Crippen LogP contribution in [0.2, 0.25) is 0 Å². The van der Waals surface area contributed by atoms with Crippen LogP contribution in [0.3, 0.4) is 0 Å². The minimum atomic E-state index is -0.988. The van der Waals surface area contributed by atoms with Gasteiger partial charge in [0.05, 0.1) is 19.2 Å². The van der Waals surface area contributed by atoms with Crippen molar-refractivity contribution in [2.24, 2.45) is 0 Å². The number of nitrogens with zero attached hydrogens (tertiary/aromatic N) is 1. The van der Waals surface area contributed by atoms with E-state index in [1.165, 1.54) is 0 Å². The van der Waals surface area contributed by atoms with Crippen molar-refractivity contribution in [3.63, 3.8) is 0 Å². The maximum atomic E-state index is 11.8. The highest BCUT2D eigenvalue weighted by Gasteiger charge is 2.19. The smallest absolute Gasteiger partial charge is 0.352 e. The number of thiophene rings is 1. The van der Waals surface area contributed by atoms with Gasteiger partial charge in [0.2, 0.25) is 0 Å². The SMILES string of the molecule is COc1cc2ccn3c(C(=O)O)cc(-c4cccs4)c3c2cc1OCCO. The van der Waals surface area contributed by atoms with Crippen LogP contribution in [0.4, 0.5) is 0 Å². The Balaban J connectivity index is 2.08. The lowest BCUT2D eigenvalue weighted by atomic mass is 10.1. The second-order valence-electron chi connectivity index (χ2n) is 5.92. The van der Waals surface area contributed by atoms with Crippen molar-refractivity contribution in [3.8, 4) is 21.9 Å². The molecule has 0 radical (unpaired) electrons.